The largest absolute Gasteiger partial charge is 0.334 e. The molecule has 5 heteroatoms. The van der Waals surface area contributed by atoms with Crippen molar-refractivity contribution in [3.8, 4) is 0 Å². The quantitative estimate of drug-likeness (QED) is 0.873. The van der Waals surface area contributed by atoms with Crippen LogP contribution < -0.4 is 5.32 Å². The number of rotatable bonds is 6. The maximum Gasteiger partial charge on any atom is 0.244 e. The molecule has 0 unspecified atom stereocenters. The first-order chi connectivity index (χ1) is 9.85. The van der Waals surface area contributed by atoms with Gasteiger partial charge in [0.15, 0.2) is 0 Å². The number of nitrogens with one attached hydrogen (secondary N) is 1. The molecule has 1 aromatic carbocycles. The number of hydrogen-bond acceptors (Lipinski definition) is 2. The number of halogens is 1. The van der Waals surface area contributed by atoms with Crippen molar-refractivity contribution in [2.45, 2.75) is 40.5 Å². The average molecular weight is 311 g/mol. The molecular weight excluding hydrogens is 288 g/mol. The molecule has 0 bridgehead atoms. The summed E-state index contributed by atoms with van der Waals surface area (Å²) in [4.78, 5) is 25.2. The summed E-state index contributed by atoms with van der Waals surface area (Å²) in [6.45, 7) is 8.03. The van der Waals surface area contributed by atoms with E-state index < -0.39 is 0 Å². The maximum atomic E-state index is 12.1. The highest BCUT2D eigenvalue weighted by atomic mass is 35.5. The van der Waals surface area contributed by atoms with Crippen LogP contribution in [0.15, 0.2) is 12.1 Å². The third-order valence-corrected chi connectivity index (χ3v) is 3.56. The van der Waals surface area contributed by atoms with E-state index in [0.717, 1.165) is 24.0 Å². The van der Waals surface area contributed by atoms with Crippen molar-refractivity contribution in [1.82, 2.24) is 4.90 Å². The van der Waals surface area contributed by atoms with Crippen molar-refractivity contribution < 1.29 is 9.59 Å². The fraction of sp³-hybridized carbons (Fsp3) is 0.500. The smallest absolute Gasteiger partial charge is 0.244 e. The lowest BCUT2D eigenvalue weighted by molar-refractivity contribution is -0.132. The summed E-state index contributed by atoms with van der Waals surface area (Å²) in [5.41, 5.74) is 2.58. The summed E-state index contributed by atoms with van der Waals surface area (Å²) in [7, 11) is 0. The zero-order valence-electron chi connectivity index (χ0n) is 13.1. The number of carbonyl (C=O) groups is 2. The van der Waals surface area contributed by atoms with Crippen molar-refractivity contribution in [3.63, 3.8) is 0 Å². The van der Waals surface area contributed by atoms with Gasteiger partial charge in [-0.2, -0.15) is 0 Å². The zero-order valence-corrected chi connectivity index (χ0v) is 13.9. The molecule has 0 aliphatic heterocycles. The number of benzene rings is 1. The van der Waals surface area contributed by atoms with E-state index in [1.54, 1.807) is 4.90 Å². The normalized spacial score (nSPS) is 10.3. The van der Waals surface area contributed by atoms with Crippen molar-refractivity contribution >= 4 is 29.1 Å². The monoisotopic (exact) mass is 310 g/mol. The molecule has 0 fully saturated rings. The van der Waals surface area contributed by atoms with Gasteiger partial charge in [0, 0.05) is 13.5 Å². The first kappa shape index (κ1) is 17.5. The van der Waals surface area contributed by atoms with E-state index in [-0.39, 0.29) is 18.4 Å². The van der Waals surface area contributed by atoms with Crippen LogP contribution >= 0.6 is 11.6 Å². The fourth-order valence-electron chi connectivity index (χ4n) is 2.12. The van der Waals surface area contributed by atoms with Gasteiger partial charge in [0.1, 0.15) is 0 Å². The molecule has 1 aromatic rings. The topological polar surface area (TPSA) is 49.4 Å². The number of carbonyl (C=O) groups excluding carboxylic acids is 2. The van der Waals surface area contributed by atoms with Gasteiger partial charge in [0.05, 0.1) is 17.3 Å². The fourth-order valence-corrected chi connectivity index (χ4v) is 2.49. The van der Waals surface area contributed by atoms with E-state index in [0.29, 0.717) is 17.3 Å². The van der Waals surface area contributed by atoms with Gasteiger partial charge in [-0.05, 0) is 37.5 Å². The van der Waals surface area contributed by atoms with Crippen LogP contribution in [0.2, 0.25) is 5.02 Å². The Balaban J connectivity index is 2.74. The molecule has 0 saturated carbocycles. The summed E-state index contributed by atoms with van der Waals surface area (Å²) >= 11 is 6.17. The molecule has 1 N–H and O–H groups in total. The minimum atomic E-state index is -0.227. The van der Waals surface area contributed by atoms with Crippen LogP contribution in [0.25, 0.3) is 0 Å². The molecule has 0 aromatic heterocycles. The molecule has 1 rings (SSSR count). The van der Waals surface area contributed by atoms with Gasteiger partial charge in [-0.25, -0.2) is 0 Å². The predicted molar refractivity (Wildman–Crippen MR) is 86.7 cm³/mol. The van der Waals surface area contributed by atoms with Gasteiger partial charge in [-0.1, -0.05) is 31.0 Å². The van der Waals surface area contributed by atoms with Gasteiger partial charge in [0.25, 0.3) is 0 Å². The number of anilines is 1. The van der Waals surface area contributed by atoms with Crippen LogP contribution in [0, 0.1) is 13.8 Å². The molecule has 116 valence electrons. The Kier molecular flexibility index (Phi) is 6.69. The second-order valence-corrected chi connectivity index (χ2v) is 5.69. The van der Waals surface area contributed by atoms with E-state index >= 15 is 0 Å². The van der Waals surface area contributed by atoms with Crippen molar-refractivity contribution in [2.75, 3.05) is 18.4 Å². The molecule has 4 nitrogen and oxygen atoms in total. The predicted octanol–water partition coefficient (Wildman–Crippen LogP) is 3.54. The van der Waals surface area contributed by atoms with Crippen LogP contribution in [0.3, 0.4) is 0 Å². The number of aryl methyl sites for hydroxylation is 2. The molecule has 0 aliphatic rings. The van der Waals surface area contributed by atoms with Crippen molar-refractivity contribution in [2.24, 2.45) is 0 Å². The van der Waals surface area contributed by atoms with Gasteiger partial charge in [-0.3, -0.25) is 9.59 Å². The SMILES string of the molecule is CCCCN(CC(=O)Nc1c(C)cc(C)cc1Cl)C(C)=O. The van der Waals surface area contributed by atoms with E-state index in [4.69, 9.17) is 11.6 Å². The molecule has 0 atom stereocenters. The van der Waals surface area contributed by atoms with Crippen LogP contribution in [0.4, 0.5) is 5.69 Å². The van der Waals surface area contributed by atoms with Gasteiger partial charge in [0.2, 0.25) is 11.8 Å². The number of hydrogen-bond donors (Lipinski definition) is 1. The molecule has 0 aliphatic carbocycles. The van der Waals surface area contributed by atoms with Crippen molar-refractivity contribution in [1.29, 1.82) is 0 Å². The standard InChI is InChI=1S/C16H23ClN2O2/c1-5-6-7-19(13(4)20)10-15(21)18-16-12(3)8-11(2)9-14(16)17/h8-9H,5-7,10H2,1-4H3,(H,18,21). The first-order valence-corrected chi connectivity index (χ1v) is 7.55. The third kappa shape index (κ3) is 5.38. The minimum absolute atomic E-state index is 0.0545. The van der Waals surface area contributed by atoms with E-state index in [2.05, 4.69) is 5.32 Å². The second kappa shape index (κ2) is 8.03. The van der Waals surface area contributed by atoms with E-state index in [9.17, 15) is 9.59 Å². The second-order valence-electron chi connectivity index (χ2n) is 5.28. The van der Waals surface area contributed by atoms with E-state index in [1.165, 1.54) is 6.92 Å². The average Bonchev–Trinajstić information content (AvgIpc) is 2.38. The Morgan fingerprint density at radius 3 is 2.48 bits per heavy atom. The van der Waals surface area contributed by atoms with E-state index in [1.807, 2.05) is 32.9 Å². The van der Waals surface area contributed by atoms with Crippen LogP contribution in [0.1, 0.15) is 37.8 Å². The summed E-state index contributed by atoms with van der Waals surface area (Å²) in [5.74, 6) is -0.319. The lowest BCUT2D eigenvalue weighted by Crippen LogP contribution is -2.37. The Labute approximate surface area is 131 Å². The van der Waals surface area contributed by atoms with Gasteiger partial charge in [-0.15, -0.1) is 0 Å². The summed E-state index contributed by atoms with van der Waals surface area (Å²) in [6.07, 6.45) is 1.87. The third-order valence-electron chi connectivity index (χ3n) is 3.26. The molecule has 0 saturated heterocycles. The zero-order chi connectivity index (χ0) is 16.0. The molecule has 0 spiro atoms. The molecule has 0 radical (unpaired) electrons. The van der Waals surface area contributed by atoms with Crippen molar-refractivity contribution in [3.05, 3.63) is 28.3 Å². The number of amides is 2. The Hall–Kier alpha value is -1.55. The number of unbranched alkanes of at least 4 members (excludes halogenated alkanes) is 1. The summed E-state index contributed by atoms with van der Waals surface area (Å²) in [5, 5.41) is 3.32. The maximum absolute atomic E-state index is 12.1. The van der Waals surface area contributed by atoms with Crippen LogP contribution in [0.5, 0.6) is 0 Å². The molecular formula is C16H23ClN2O2. The lowest BCUT2D eigenvalue weighted by atomic mass is 10.1. The highest BCUT2D eigenvalue weighted by Crippen LogP contribution is 2.27. The summed E-state index contributed by atoms with van der Waals surface area (Å²) in [6, 6.07) is 3.77. The summed E-state index contributed by atoms with van der Waals surface area (Å²) < 4.78 is 0. The molecule has 21 heavy (non-hydrogen) atoms. The van der Waals surface area contributed by atoms with Gasteiger partial charge >= 0.3 is 0 Å². The Morgan fingerprint density at radius 1 is 1.29 bits per heavy atom. The Morgan fingerprint density at radius 2 is 1.95 bits per heavy atom. The van der Waals surface area contributed by atoms with Gasteiger partial charge < -0.3 is 10.2 Å². The minimum Gasteiger partial charge on any atom is -0.334 e. The highest BCUT2D eigenvalue weighted by molar-refractivity contribution is 6.34. The Bertz CT molecular complexity index is 506. The number of nitrogens with zero attached hydrogens (tertiary/aromatic N) is 1. The van der Waals surface area contributed by atoms with Crippen LogP contribution in [-0.2, 0) is 9.59 Å². The highest BCUT2D eigenvalue weighted by Gasteiger charge is 2.15. The molecule has 0 heterocycles. The molecule has 2 amide bonds. The first-order valence-electron chi connectivity index (χ1n) is 7.17. The van der Waals surface area contributed by atoms with Crippen LogP contribution in [-0.4, -0.2) is 29.8 Å². The lowest BCUT2D eigenvalue weighted by Gasteiger charge is -2.21.